The van der Waals surface area contributed by atoms with Crippen LogP contribution in [0.15, 0.2) is 28.9 Å². The fourth-order valence-electron chi connectivity index (χ4n) is 5.12. The van der Waals surface area contributed by atoms with Gasteiger partial charge in [0, 0.05) is 37.2 Å². The first-order valence-electron chi connectivity index (χ1n) is 11.9. The summed E-state index contributed by atoms with van der Waals surface area (Å²) in [4.78, 5) is 22.0. The number of oxazole rings is 1. The van der Waals surface area contributed by atoms with Crippen molar-refractivity contribution >= 4 is 11.8 Å². The summed E-state index contributed by atoms with van der Waals surface area (Å²) in [6, 6.07) is 6.28. The number of hydrogen-bond donors (Lipinski definition) is 1. The molecule has 33 heavy (non-hydrogen) atoms. The first-order chi connectivity index (χ1) is 15.8. The molecule has 0 atom stereocenters. The van der Waals surface area contributed by atoms with Crippen molar-refractivity contribution < 1.29 is 18.7 Å². The van der Waals surface area contributed by atoms with Gasteiger partial charge in [-0.25, -0.2) is 9.78 Å². The summed E-state index contributed by atoms with van der Waals surface area (Å²) in [6.07, 6.45) is 3.44. The van der Waals surface area contributed by atoms with Gasteiger partial charge >= 0.3 is 6.09 Å². The van der Waals surface area contributed by atoms with Crippen molar-refractivity contribution in [2.45, 2.75) is 51.2 Å². The van der Waals surface area contributed by atoms with Crippen LogP contribution in [0.5, 0.6) is 0 Å². The number of aromatic nitrogens is 1. The fourth-order valence-corrected chi connectivity index (χ4v) is 5.12. The number of fused-ring (bicyclic) bond motifs is 2. The van der Waals surface area contributed by atoms with Gasteiger partial charge in [0.1, 0.15) is 11.9 Å². The number of carbonyl (C=O) groups excluding carboxylic acids is 1. The number of rotatable bonds is 3. The molecule has 5 rings (SSSR count). The van der Waals surface area contributed by atoms with E-state index >= 15 is 0 Å². The molecule has 1 aromatic heterocycles. The summed E-state index contributed by atoms with van der Waals surface area (Å²) < 4.78 is 17.0. The first-order valence-corrected chi connectivity index (χ1v) is 11.9. The van der Waals surface area contributed by atoms with Gasteiger partial charge in [0.15, 0.2) is 0 Å². The van der Waals surface area contributed by atoms with E-state index < -0.39 is 5.60 Å². The highest BCUT2D eigenvalue weighted by atomic mass is 16.6. The molecule has 8 nitrogen and oxygen atoms in total. The molecule has 178 valence electrons. The molecule has 2 aromatic rings. The molecular weight excluding hydrogens is 420 g/mol. The van der Waals surface area contributed by atoms with Gasteiger partial charge < -0.3 is 19.2 Å². The van der Waals surface area contributed by atoms with Crippen LogP contribution >= 0.6 is 0 Å². The summed E-state index contributed by atoms with van der Waals surface area (Å²) in [6.45, 7) is 12.3. The van der Waals surface area contributed by atoms with Crippen LogP contribution in [0, 0.1) is 0 Å². The number of hydrogen-bond acceptors (Lipinski definition) is 7. The zero-order chi connectivity index (χ0) is 23.1. The van der Waals surface area contributed by atoms with Crippen LogP contribution in [-0.4, -0.2) is 67.5 Å². The smallest absolute Gasteiger partial charge is 0.414 e. The Hall–Kier alpha value is -2.42. The third-order valence-electron chi connectivity index (χ3n) is 6.78. The lowest BCUT2D eigenvalue weighted by Crippen LogP contribution is -2.45. The summed E-state index contributed by atoms with van der Waals surface area (Å²) in [5.74, 6) is 0.580. The summed E-state index contributed by atoms with van der Waals surface area (Å²) in [5.41, 5.74) is 3.34. The Morgan fingerprint density at radius 2 is 1.97 bits per heavy atom. The molecule has 1 aromatic carbocycles. The van der Waals surface area contributed by atoms with E-state index in [0.717, 1.165) is 75.7 Å². The largest absolute Gasteiger partial charge is 0.444 e. The van der Waals surface area contributed by atoms with Crippen molar-refractivity contribution in [1.82, 2.24) is 15.2 Å². The zero-order valence-electron chi connectivity index (χ0n) is 19.9. The highest BCUT2D eigenvalue weighted by Crippen LogP contribution is 2.47. The number of benzene rings is 1. The average Bonchev–Trinajstić information content (AvgIpc) is 3.37. The van der Waals surface area contributed by atoms with Crippen molar-refractivity contribution in [3.8, 4) is 11.5 Å². The number of nitrogens with one attached hydrogen (secondary N) is 1. The lowest BCUT2D eigenvalue weighted by atomic mass is 9.74. The normalized spacial score (nSPS) is 20.8. The molecule has 0 bridgehead atoms. The number of amides is 1. The van der Waals surface area contributed by atoms with E-state index in [2.05, 4.69) is 22.3 Å². The molecule has 8 heteroatoms. The van der Waals surface area contributed by atoms with Crippen molar-refractivity contribution in [2.75, 3.05) is 50.8 Å². The Kier molecular flexibility index (Phi) is 5.93. The molecule has 0 aliphatic carbocycles. The van der Waals surface area contributed by atoms with Gasteiger partial charge in [0.25, 0.3) is 0 Å². The van der Waals surface area contributed by atoms with E-state index in [0.29, 0.717) is 12.4 Å². The van der Waals surface area contributed by atoms with Crippen LogP contribution < -0.4 is 10.2 Å². The van der Waals surface area contributed by atoms with Gasteiger partial charge in [0.05, 0.1) is 24.6 Å². The van der Waals surface area contributed by atoms with Crippen LogP contribution in [0.2, 0.25) is 0 Å². The maximum atomic E-state index is 13.2. The minimum absolute atomic E-state index is 0.0336. The Labute approximate surface area is 195 Å². The second kappa shape index (κ2) is 8.74. The van der Waals surface area contributed by atoms with Crippen molar-refractivity contribution in [2.24, 2.45) is 0 Å². The molecule has 1 amide bonds. The fraction of sp³-hybridized carbons (Fsp3) is 0.600. The van der Waals surface area contributed by atoms with Crippen molar-refractivity contribution in [3.63, 3.8) is 0 Å². The van der Waals surface area contributed by atoms with Crippen LogP contribution in [0.3, 0.4) is 0 Å². The van der Waals surface area contributed by atoms with E-state index in [1.807, 2.05) is 31.7 Å². The van der Waals surface area contributed by atoms with Gasteiger partial charge in [-0.1, -0.05) is 6.07 Å². The average molecular weight is 455 g/mol. The van der Waals surface area contributed by atoms with E-state index in [-0.39, 0.29) is 11.5 Å². The predicted octanol–water partition coefficient (Wildman–Crippen LogP) is 3.55. The summed E-state index contributed by atoms with van der Waals surface area (Å²) in [5, 5.41) is 3.45. The number of nitrogens with zero attached hydrogens (tertiary/aromatic N) is 3. The van der Waals surface area contributed by atoms with E-state index in [1.54, 1.807) is 6.26 Å². The molecule has 3 aliphatic rings. The molecule has 1 spiro atoms. The minimum atomic E-state index is -0.546. The molecular formula is C25H34N4O4. The summed E-state index contributed by atoms with van der Waals surface area (Å²) >= 11 is 0. The summed E-state index contributed by atoms with van der Waals surface area (Å²) in [7, 11) is 0. The quantitative estimate of drug-likeness (QED) is 0.760. The minimum Gasteiger partial charge on any atom is -0.444 e. The maximum absolute atomic E-state index is 13.2. The number of ether oxygens (including phenoxy) is 2. The standard InChI is InChI=1S/C25H34N4O4/c1-24(2,3)33-23(30)29-17-25(6-8-26-9-7-25)20-5-4-18(14-21(20)29)22-27-19(16-32-22)15-28-10-12-31-13-11-28/h4-5,14,16,26H,6-13,15,17H2,1-3H3. The van der Waals surface area contributed by atoms with Crippen molar-refractivity contribution in [3.05, 3.63) is 35.7 Å². The second-order valence-electron chi connectivity index (χ2n) is 10.4. The van der Waals surface area contributed by atoms with Crippen LogP contribution in [-0.2, 0) is 21.4 Å². The highest BCUT2D eigenvalue weighted by molar-refractivity contribution is 5.93. The zero-order valence-corrected chi connectivity index (χ0v) is 19.9. The van der Waals surface area contributed by atoms with Crippen LogP contribution in [0.25, 0.3) is 11.5 Å². The van der Waals surface area contributed by atoms with Gasteiger partial charge in [-0.15, -0.1) is 0 Å². The van der Waals surface area contributed by atoms with E-state index in [9.17, 15) is 4.79 Å². The van der Waals surface area contributed by atoms with Crippen LogP contribution in [0.4, 0.5) is 10.5 Å². The topological polar surface area (TPSA) is 80.1 Å². The van der Waals surface area contributed by atoms with Gasteiger partial charge in [0.2, 0.25) is 5.89 Å². The molecule has 2 saturated heterocycles. The predicted molar refractivity (Wildman–Crippen MR) is 125 cm³/mol. The molecule has 4 heterocycles. The third kappa shape index (κ3) is 4.65. The SMILES string of the molecule is CC(C)(C)OC(=O)N1CC2(CCNCC2)c2ccc(-c3nc(CN4CCOCC4)co3)cc21. The number of anilines is 1. The second-order valence-corrected chi connectivity index (χ2v) is 10.4. The molecule has 0 unspecified atom stereocenters. The number of morpholine rings is 1. The Bertz CT molecular complexity index is 1000. The Morgan fingerprint density at radius 3 is 2.70 bits per heavy atom. The Balaban J connectivity index is 1.43. The number of piperidine rings is 1. The van der Waals surface area contributed by atoms with E-state index in [4.69, 9.17) is 18.9 Å². The lowest BCUT2D eigenvalue weighted by molar-refractivity contribution is 0.0336. The molecule has 0 saturated carbocycles. The first kappa shape index (κ1) is 22.4. The van der Waals surface area contributed by atoms with Crippen molar-refractivity contribution in [1.29, 1.82) is 0 Å². The molecule has 3 aliphatic heterocycles. The number of carbonyl (C=O) groups is 1. The Morgan fingerprint density at radius 1 is 1.21 bits per heavy atom. The molecule has 1 N–H and O–H groups in total. The van der Waals surface area contributed by atoms with Gasteiger partial charge in [-0.3, -0.25) is 9.80 Å². The van der Waals surface area contributed by atoms with Gasteiger partial charge in [-0.2, -0.15) is 0 Å². The van der Waals surface area contributed by atoms with E-state index in [1.165, 1.54) is 5.56 Å². The van der Waals surface area contributed by atoms with Crippen LogP contribution in [0.1, 0.15) is 44.9 Å². The third-order valence-corrected chi connectivity index (χ3v) is 6.78. The maximum Gasteiger partial charge on any atom is 0.414 e. The lowest BCUT2D eigenvalue weighted by Gasteiger charge is -2.34. The monoisotopic (exact) mass is 454 g/mol. The molecule has 2 fully saturated rings. The molecule has 0 radical (unpaired) electrons. The highest BCUT2D eigenvalue weighted by Gasteiger charge is 2.46. The van der Waals surface area contributed by atoms with Gasteiger partial charge in [-0.05, 0) is 64.4 Å².